The summed E-state index contributed by atoms with van der Waals surface area (Å²) in [6.45, 7) is 3.28. The average molecular weight is 105 g/mol. The minimum atomic E-state index is -0.232. The molecular weight excluding hydrogens is 93.1 g/mol. The molecule has 0 aliphatic carbocycles. The Labute approximate surface area is 44.1 Å². The summed E-state index contributed by atoms with van der Waals surface area (Å²) in [5.41, 5.74) is 0. The third kappa shape index (κ3) is 3.73. The van der Waals surface area contributed by atoms with Gasteiger partial charge in [0.25, 0.3) is 0 Å². The smallest absolute Gasteiger partial charge is 0.102 e. The summed E-state index contributed by atoms with van der Waals surface area (Å²) in [5.74, 6) is 0. The first-order valence-corrected chi connectivity index (χ1v) is 2.55. The summed E-state index contributed by atoms with van der Waals surface area (Å²) in [4.78, 5) is 1.93. The van der Waals surface area contributed by atoms with E-state index in [-0.39, 0.29) is 6.67 Å². The number of halogens is 1. The van der Waals surface area contributed by atoms with Crippen LogP contribution in [0.4, 0.5) is 4.39 Å². The maximum absolute atomic E-state index is 11.4. The zero-order chi connectivity index (χ0) is 5.70. The predicted octanol–water partition coefficient (Wildman–Crippen LogP) is 0.908. The monoisotopic (exact) mass is 105 g/mol. The van der Waals surface area contributed by atoms with Crippen molar-refractivity contribution >= 4 is 0 Å². The number of alkyl halides is 1. The van der Waals surface area contributed by atoms with Gasteiger partial charge < -0.3 is 4.90 Å². The zero-order valence-corrected chi connectivity index (χ0v) is 4.95. The SMILES string of the molecule is CCN(C)CCF. The molecule has 1 nitrogen and oxygen atoms in total. The molecule has 0 saturated heterocycles. The molecule has 0 aliphatic heterocycles. The van der Waals surface area contributed by atoms with Crippen molar-refractivity contribution < 1.29 is 4.39 Å². The second-order valence-electron chi connectivity index (χ2n) is 1.58. The van der Waals surface area contributed by atoms with Crippen LogP contribution in [0.5, 0.6) is 0 Å². The Hall–Kier alpha value is -0.110. The van der Waals surface area contributed by atoms with Gasteiger partial charge in [-0.2, -0.15) is 0 Å². The third-order valence-electron chi connectivity index (χ3n) is 1.01. The number of rotatable bonds is 3. The van der Waals surface area contributed by atoms with E-state index in [1.54, 1.807) is 0 Å². The molecule has 0 aromatic heterocycles. The second kappa shape index (κ2) is 4.06. The average Bonchev–Trinajstić information content (AvgIpc) is 1.68. The molecule has 0 atom stereocenters. The molecule has 0 unspecified atom stereocenters. The van der Waals surface area contributed by atoms with Crippen LogP contribution in [0, 0.1) is 0 Å². The van der Waals surface area contributed by atoms with E-state index in [0.29, 0.717) is 6.54 Å². The van der Waals surface area contributed by atoms with Crippen LogP contribution >= 0.6 is 0 Å². The van der Waals surface area contributed by atoms with Gasteiger partial charge in [-0.3, -0.25) is 0 Å². The predicted molar refractivity (Wildman–Crippen MR) is 29.1 cm³/mol. The maximum Gasteiger partial charge on any atom is 0.102 e. The highest BCUT2D eigenvalue weighted by atomic mass is 19.1. The lowest BCUT2D eigenvalue weighted by molar-refractivity contribution is 0.308. The van der Waals surface area contributed by atoms with Gasteiger partial charge in [0.2, 0.25) is 0 Å². The number of nitrogens with zero attached hydrogens (tertiary/aromatic N) is 1. The van der Waals surface area contributed by atoms with Gasteiger partial charge in [-0.1, -0.05) is 6.92 Å². The Balaban J connectivity index is 2.83. The molecule has 0 N–H and O–H groups in total. The first-order chi connectivity index (χ1) is 3.31. The third-order valence-corrected chi connectivity index (χ3v) is 1.01. The van der Waals surface area contributed by atoms with Crippen molar-refractivity contribution in [2.24, 2.45) is 0 Å². The van der Waals surface area contributed by atoms with Gasteiger partial charge in [0, 0.05) is 6.54 Å². The number of hydrogen-bond acceptors (Lipinski definition) is 1. The van der Waals surface area contributed by atoms with Crippen molar-refractivity contribution in [1.29, 1.82) is 0 Å². The summed E-state index contributed by atoms with van der Waals surface area (Å²) in [6, 6.07) is 0. The molecule has 0 aliphatic rings. The summed E-state index contributed by atoms with van der Waals surface area (Å²) in [7, 11) is 1.90. The van der Waals surface area contributed by atoms with Gasteiger partial charge in [0.15, 0.2) is 0 Å². The van der Waals surface area contributed by atoms with E-state index >= 15 is 0 Å². The van der Waals surface area contributed by atoms with Gasteiger partial charge >= 0.3 is 0 Å². The van der Waals surface area contributed by atoms with Crippen molar-refractivity contribution in [3.63, 3.8) is 0 Å². The molecule has 44 valence electrons. The van der Waals surface area contributed by atoms with E-state index in [1.165, 1.54) is 0 Å². The summed E-state index contributed by atoms with van der Waals surface area (Å²) < 4.78 is 11.4. The fraction of sp³-hybridized carbons (Fsp3) is 1.00. The van der Waals surface area contributed by atoms with Gasteiger partial charge in [0.1, 0.15) is 6.67 Å². The highest BCUT2D eigenvalue weighted by Crippen LogP contribution is 1.78. The molecule has 0 bridgehead atoms. The zero-order valence-electron chi connectivity index (χ0n) is 4.95. The molecule has 7 heavy (non-hydrogen) atoms. The van der Waals surface area contributed by atoms with Crippen molar-refractivity contribution in [3.05, 3.63) is 0 Å². The quantitative estimate of drug-likeness (QED) is 0.515. The summed E-state index contributed by atoms with van der Waals surface area (Å²) in [5, 5.41) is 0. The lowest BCUT2D eigenvalue weighted by Gasteiger charge is -2.08. The summed E-state index contributed by atoms with van der Waals surface area (Å²) >= 11 is 0. The molecule has 0 spiro atoms. The molecule has 2 heteroatoms. The lowest BCUT2D eigenvalue weighted by Crippen LogP contribution is -2.19. The summed E-state index contributed by atoms with van der Waals surface area (Å²) in [6.07, 6.45) is 0. The lowest BCUT2D eigenvalue weighted by atomic mass is 10.6. The Morgan fingerprint density at radius 1 is 1.57 bits per heavy atom. The molecule has 0 aromatic carbocycles. The molecule has 0 radical (unpaired) electrons. The first-order valence-electron chi connectivity index (χ1n) is 2.55. The van der Waals surface area contributed by atoms with Crippen molar-refractivity contribution in [1.82, 2.24) is 4.90 Å². The molecule has 0 rings (SSSR count). The Bertz CT molecular complexity index is 39.1. The fourth-order valence-electron chi connectivity index (χ4n) is 0.302. The molecule has 0 heterocycles. The standard InChI is InChI=1S/C5H12FN/c1-3-7(2)5-4-6/h3-5H2,1-2H3. The highest BCUT2D eigenvalue weighted by Gasteiger charge is 1.88. The van der Waals surface area contributed by atoms with E-state index in [1.807, 2.05) is 18.9 Å². The van der Waals surface area contributed by atoms with Crippen LogP contribution < -0.4 is 0 Å². The Morgan fingerprint density at radius 3 is 2.29 bits per heavy atom. The van der Waals surface area contributed by atoms with Gasteiger partial charge in [-0.25, -0.2) is 4.39 Å². The van der Waals surface area contributed by atoms with E-state index in [4.69, 9.17) is 0 Å². The van der Waals surface area contributed by atoms with E-state index in [9.17, 15) is 4.39 Å². The van der Waals surface area contributed by atoms with Gasteiger partial charge in [-0.15, -0.1) is 0 Å². The fourth-order valence-corrected chi connectivity index (χ4v) is 0.302. The number of hydrogen-bond donors (Lipinski definition) is 0. The van der Waals surface area contributed by atoms with Crippen LogP contribution in [0.15, 0.2) is 0 Å². The van der Waals surface area contributed by atoms with Crippen LogP contribution in [0.3, 0.4) is 0 Å². The normalized spacial score (nSPS) is 10.3. The van der Waals surface area contributed by atoms with Crippen LogP contribution in [-0.4, -0.2) is 31.7 Å². The Kier molecular flexibility index (Phi) is 4.00. The topological polar surface area (TPSA) is 3.24 Å². The first kappa shape index (κ1) is 6.89. The molecular formula is C5H12FN. The molecule has 0 saturated carbocycles. The minimum Gasteiger partial charge on any atom is -0.304 e. The van der Waals surface area contributed by atoms with Gasteiger partial charge in [-0.05, 0) is 13.6 Å². The van der Waals surface area contributed by atoms with Crippen LogP contribution in [-0.2, 0) is 0 Å². The molecule has 0 fully saturated rings. The van der Waals surface area contributed by atoms with Crippen LogP contribution in [0.1, 0.15) is 6.92 Å². The van der Waals surface area contributed by atoms with Crippen molar-refractivity contribution in [2.75, 3.05) is 26.8 Å². The van der Waals surface area contributed by atoms with E-state index in [2.05, 4.69) is 0 Å². The molecule has 0 amide bonds. The minimum absolute atomic E-state index is 0.232. The van der Waals surface area contributed by atoms with Crippen molar-refractivity contribution in [2.45, 2.75) is 6.92 Å². The van der Waals surface area contributed by atoms with E-state index < -0.39 is 0 Å². The largest absolute Gasteiger partial charge is 0.304 e. The van der Waals surface area contributed by atoms with Gasteiger partial charge in [0.05, 0.1) is 0 Å². The van der Waals surface area contributed by atoms with Crippen LogP contribution in [0.2, 0.25) is 0 Å². The highest BCUT2D eigenvalue weighted by molar-refractivity contribution is 4.41. The van der Waals surface area contributed by atoms with Crippen LogP contribution in [0.25, 0.3) is 0 Å². The second-order valence-corrected chi connectivity index (χ2v) is 1.58. The molecule has 0 aromatic rings. The van der Waals surface area contributed by atoms with E-state index in [0.717, 1.165) is 6.54 Å². The Morgan fingerprint density at radius 2 is 2.14 bits per heavy atom. The maximum atomic E-state index is 11.4. The van der Waals surface area contributed by atoms with Crippen molar-refractivity contribution in [3.8, 4) is 0 Å².